The minimum absolute atomic E-state index is 0.00981. The zero-order valence-corrected chi connectivity index (χ0v) is 9.37. The van der Waals surface area contributed by atoms with Gasteiger partial charge in [0, 0.05) is 0 Å². The highest BCUT2D eigenvalue weighted by molar-refractivity contribution is 5.75. The smallest absolute Gasteiger partial charge is 0.278 e. The van der Waals surface area contributed by atoms with Gasteiger partial charge in [0.05, 0.1) is 5.56 Å². The van der Waals surface area contributed by atoms with Crippen LogP contribution in [-0.4, -0.2) is 19.9 Å². The number of aromatic amines is 2. The molecule has 3 aromatic rings. The number of anilines is 1. The third-order valence-corrected chi connectivity index (χ3v) is 2.56. The molecular formula is C11H7F2N5O. The standard InChI is InChI=1S/C11H7F2N5O/c12-4-1-2-6(13)5(3-4)8-15-7-9(16-8)17-11(14)18-10(7)19/h1-3H,(H4,14,15,16,17,18,19). The maximum atomic E-state index is 13.6. The van der Waals surface area contributed by atoms with Gasteiger partial charge in [-0.15, -0.1) is 0 Å². The number of nitrogens with zero attached hydrogens (tertiary/aromatic N) is 2. The second-order valence-corrected chi connectivity index (χ2v) is 3.86. The average Bonchev–Trinajstić information content (AvgIpc) is 2.76. The van der Waals surface area contributed by atoms with Gasteiger partial charge in [0.1, 0.15) is 17.5 Å². The lowest BCUT2D eigenvalue weighted by molar-refractivity contribution is 0.602. The van der Waals surface area contributed by atoms with E-state index < -0.39 is 17.2 Å². The molecule has 8 heteroatoms. The number of rotatable bonds is 1. The molecule has 0 amide bonds. The molecule has 0 radical (unpaired) electrons. The Morgan fingerprint density at radius 3 is 2.74 bits per heavy atom. The van der Waals surface area contributed by atoms with E-state index in [-0.39, 0.29) is 28.5 Å². The summed E-state index contributed by atoms with van der Waals surface area (Å²) in [7, 11) is 0. The molecule has 0 aliphatic rings. The van der Waals surface area contributed by atoms with E-state index in [4.69, 9.17) is 5.73 Å². The first-order valence-corrected chi connectivity index (χ1v) is 5.25. The summed E-state index contributed by atoms with van der Waals surface area (Å²) in [5, 5.41) is 0. The maximum absolute atomic E-state index is 13.6. The van der Waals surface area contributed by atoms with Crippen molar-refractivity contribution in [3.05, 3.63) is 40.2 Å². The van der Waals surface area contributed by atoms with Crippen molar-refractivity contribution >= 4 is 17.1 Å². The van der Waals surface area contributed by atoms with Crippen molar-refractivity contribution in [2.24, 2.45) is 0 Å². The van der Waals surface area contributed by atoms with Crippen LogP contribution < -0.4 is 11.3 Å². The predicted molar refractivity (Wildman–Crippen MR) is 64.3 cm³/mol. The maximum Gasteiger partial charge on any atom is 0.278 e. The molecule has 96 valence electrons. The van der Waals surface area contributed by atoms with Crippen LogP contribution in [0.2, 0.25) is 0 Å². The number of imidazole rings is 1. The van der Waals surface area contributed by atoms with Crippen LogP contribution in [0.4, 0.5) is 14.7 Å². The van der Waals surface area contributed by atoms with Crippen molar-refractivity contribution in [1.82, 2.24) is 19.9 Å². The third-order valence-electron chi connectivity index (χ3n) is 2.56. The highest BCUT2D eigenvalue weighted by Gasteiger charge is 2.14. The molecule has 0 spiro atoms. The number of H-pyrrole nitrogens is 2. The Hall–Kier alpha value is -2.77. The van der Waals surface area contributed by atoms with Gasteiger partial charge >= 0.3 is 0 Å². The second kappa shape index (κ2) is 3.87. The molecular weight excluding hydrogens is 256 g/mol. The zero-order chi connectivity index (χ0) is 13.6. The van der Waals surface area contributed by atoms with Gasteiger partial charge in [-0.3, -0.25) is 9.78 Å². The first-order chi connectivity index (χ1) is 9.04. The van der Waals surface area contributed by atoms with Gasteiger partial charge in [-0.25, -0.2) is 13.8 Å². The SMILES string of the molecule is Nc1nc2nc(-c3cc(F)ccc3F)[nH]c2c(=O)[nH]1. The number of hydrogen-bond acceptors (Lipinski definition) is 4. The van der Waals surface area contributed by atoms with Crippen molar-refractivity contribution in [1.29, 1.82) is 0 Å². The van der Waals surface area contributed by atoms with E-state index in [0.717, 1.165) is 18.2 Å². The van der Waals surface area contributed by atoms with Crippen molar-refractivity contribution in [3.63, 3.8) is 0 Å². The molecule has 2 heterocycles. The van der Waals surface area contributed by atoms with Crippen molar-refractivity contribution in [2.75, 3.05) is 5.73 Å². The Balaban J connectivity index is 2.29. The summed E-state index contributed by atoms with van der Waals surface area (Å²) < 4.78 is 26.7. The van der Waals surface area contributed by atoms with Crippen LogP contribution >= 0.6 is 0 Å². The summed E-state index contributed by atoms with van der Waals surface area (Å²) in [5.41, 5.74) is 4.85. The summed E-state index contributed by atoms with van der Waals surface area (Å²) in [5.74, 6) is -1.37. The Morgan fingerprint density at radius 1 is 1.16 bits per heavy atom. The predicted octanol–water partition coefficient (Wildman–Crippen LogP) is 1.17. The highest BCUT2D eigenvalue weighted by atomic mass is 19.1. The van der Waals surface area contributed by atoms with Gasteiger partial charge in [0.25, 0.3) is 5.56 Å². The van der Waals surface area contributed by atoms with Crippen LogP contribution in [0.1, 0.15) is 0 Å². The van der Waals surface area contributed by atoms with E-state index in [1.165, 1.54) is 0 Å². The van der Waals surface area contributed by atoms with Gasteiger partial charge in [0.2, 0.25) is 5.95 Å². The Bertz CT molecular complexity index is 839. The first-order valence-electron chi connectivity index (χ1n) is 5.25. The van der Waals surface area contributed by atoms with E-state index in [9.17, 15) is 13.6 Å². The number of fused-ring (bicyclic) bond motifs is 1. The topological polar surface area (TPSA) is 100 Å². The second-order valence-electron chi connectivity index (χ2n) is 3.86. The largest absolute Gasteiger partial charge is 0.369 e. The number of nitrogen functional groups attached to an aromatic ring is 1. The van der Waals surface area contributed by atoms with Crippen LogP contribution in [0.3, 0.4) is 0 Å². The third kappa shape index (κ3) is 1.82. The van der Waals surface area contributed by atoms with Gasteiger partial charge in [-0.2, -0.15) is 4.98 Å². The number of nitrogens with two attached hydrogens (primary N) is 1. The van der Waals surface area contributed by atoms with Crippen molar-refractivity contribution in [3.8, 4) is 11.4 Å². The van der Waals surface area contributed by atoms with Crippen LogP contribution in [0.15, 0.2) is 23.0 Å². The van der Waals surface area contributed by atoms with Crippen LogP contribution in [0.5, 0.6) is 0 Å². The van der Waals surface area contributed by atoms with E-state index >= 15 is 0 Å². The molecule has 0 aliphatic carbocycles. The van der Waals surface area contributed by atoms with E-state index in [1.807, 2.05) is 0 Å². The summed E-state index contributed by atoms with van der Waals surface area (Å²) in [6.07, 6.45) is 0. The number of hydrogen-bond donors (Lipinski definition) is 3. The fourth-order valence-electron chi connectivity index (χ4n) is 1.73. The minimum Gasteiger partial charge on any atom is -0.369 e. The molecule has 0 saturated heterocycles. The molecule has 4 N–H and O–H groups in total. The lowest BCUT2D eigenvalue weighted by atomic mass is 10.2. The molecule has 0 aliphatic heterocycles. The van der Waals surface area contributed by atoms with E-state index in [0.29, 0.717) is 0 Å². The summed E-state index contributed by atoms with van der Waals surface area (Å²) in [6.45, 7) is 0. The van der Waals surface area contributed by atoms with Gasteiger partial charge in [-0.1, -0.05) is 0 Å². The number of benzene rings is 1. The van der Waals surface area contributed by atoms with Crippen LogP contribution in [-0.2, 0) is 0 Å². The van der Waals surface area contributed by atoms with Crippen molar-refractivity contribution < 1.29 is 8.78 Å². The Kier molecular flexibility index (Phi) is 2.31. The molecule has 2 aromatic heterocycles. The number of halogens is 2. The molecule has 6 nitrogen and oxygen atoms in total. The molecule has 1 aromatic carbocycles. The van der Waals surface area contributed by atoms with Gasteiger partial charge in [0.15, 0.2) is 11.2 Å². The quantitative estimate of drug-likeness (QED) is 0.613. The van der Waals surface area contributed by atoms with Crippen LogP contribution in [0.25, 0.3) is 22.6 Å². The molecule has 0 saturated carbocycles. The lowest BCUT2D eigenvalue weighted by Crippen LogP contribution is -2.10. The monoisotopic (exact) mass is 263 g/mol. The first kappa shape index (κ1) is 11.3. The zero-order valence-electron chi connectivity index (χ0n) is 9.37. The number of aromatic nitrogens is 4. The average molecular weight is 263 g/mol. The highest BCUT2D eigenvalue weighted by Crippen LogP contribution is 2.22. The van der Waals surface area contributed by atoms with Crippen LogP contribution in [0, 0.1) is 11.6 Å². The van der Waals surface area contributed by atoms with E-state index in [1.54, 1.807) is 0 Å². The van der Waals surface area contributed by atoms with Gasteiger partial charge in [-0.05, 0) is 18.2 Å². The normalized spacial score (nSPS) is 11.1. The van der Waals surface area contributed by atoms with E-state index in [2.05, 4.69) is 19.9 Å². The fraction of sp³-hybridized carbons (Fsp3) is 0. The minimum atomic E-state index is -0.662. The fourth-order valence-corrected chi connectivity index (χ4v) is 1.73. The molecule has 0 bridgehead atoms. The molecule has 19 heavy (non-hydrogen) atoms. The van der Waals surface area contributed by atoms with Gasteiger partial charge < -0.3 is 10.7 Å². The summed E-state index contributed by atoms with van der Waals surface area (Å²) in [4.78, 5) is 24.2. The lowest BCUT2D eigenvalue weighted by Gasteiger charge is -1.98. The molecule has 0 unspecified atom stereocenters. The summed E-state index contributed by atoms with van der Waals surface area (Å²) in [6, 6.07) is 2.94. The Labute approximate surface area is 104 Å². The summed E-state index contributed by atoms with van der Waals surface area (Å²) >= 11 is 0. The Morgan fingerprint density at radius 2 is 1.95 bits per heavy atom. The molecule has 0 fully saturated rings. The molecule has 3 rings (SSSR count). The van der Waals surface area contributed by atoms with Crippen molar-refractivity contribution in [2.45, 2.75) is 0 Å². The molecule has 0 atom stereocenters. The number of nitrogens with one attached hydrogen (secondary N) is 2.